The smallest absolute Gasteiger partial charge is 0.341 e. The summed E-state index contributed by atoms with van der Waals surface area (Å²) in [5.74, 6) is -0.987. The Kier molecular flexibility index (Phi) is 4.37. The van der Waals surface area contributed by atoms with Gasteiger partial charge in [0, 0.05) is 6.20 Å². The highest BCUT2D eigenvalue weighted by Crippen LogP contribution is 2.11. The van der Waals surface area contributed by atoms with Crippen molar-refractivity contribution < 1.29 is 9.90 Å². The number of hydrogen-bond acceptors (Lipinski definition) is 2. The molecule has 0 bridgehead atoms. The van der Waals surface area contributed by atoms with E-state index in [1.54, 1.807) is 6.20 Å². The van der Waals surface area contributed by atoms with Gasteiger partial charge in [-0.25, -0.2) is 4.79 Å². The summed E-state index contributed by atoms with van der Waals surface area (Å²) in [5.41, 5.74) is 0.0556. The largest absolute Gasteiger partial charge is 0.477 e. The number of carboxylic acids is 1. The molecule has 1 rings (SSSR count). The Balaban J connectivity index is 0.00000169. The van der Waals surface area contributed by atoms with Crippen molar-refractivity contribution in [2.24, 2.45) is 0 Å². The minimum absolute atomic E-state index is 0. The molecule has 0 aliphatic carbocycles. The first-order valence-corrected chi connectivity index (χ1v) is 3.98. The predicted molar refractivity (Wildman–Crippen MR) is 55.4 cm³/mol. The molecule has 0 saturated carbocycles. The molecule has 0 aliphatic rings. The zero-order valence-electron chi connectivity index (χ0n) is 7.90. The maximum Gasteiger partial charge on any atom is 0.341 e. The van der Waals surface area contributed by atoms with E-state index in [9.17, 15) is 9.59 Å². The van der Waals surface area contributed by atoms with E-state index in [0.717, 1.165) is 5.56 Å². The molecule has 78 valence electrons. The van der Waals surface area contributed by atoms with E-state index >= 15 is 0 Å². The van der Waals surface area contributed by atoms with Gasteiger partial charge in [-0.3, -0.25) is 4.79 Å². The summed E-state index contributed by atoms with van der Waals surface area (Å²) >= 11 is 0. The Hall–Kier alpha value is -1.29. The van der Waals surface area contributed by atoms with Gasteiger partial charge in [0.15, 0.2) is 0 Å². The van der Waals surface area contributed by atoms with Crippen LogP contribution in [0.15, 0.2) is 17.1 Å². The molecular weight excluding hydrogens is 206 g/mol. The Morgan fingerprint density at radius 2 is 2.07 bits per heavy atom. The zero-order valence-corrected chi connectivity index (χ0v) is 8.72. The number of pyridine rings is 1. The monoisotopic (exact) mass is 217 g/mol. The summed E-state index contributed by atoms with van der Waals surface area (Å²) in [7, 11) is 0. The third-order valence-corrected chi connectivity index (χ3v) is 1.82. The average molecular weight is 218 g/mol. The molecule has 0 spiro atoms. The van der Waals surface area contributed by atoms with Crippen LogP contribution in [-0.2, 0) is 0 Å². The van der Waals surface area contributed by atoms with E-state index in [2.05, 4.69) is 4.98 Å². The number of nitrogens with one attached hydrogen (secondary N) is 1. The van der Waals surface area contributed by atoms with Gasteiger partial charge < -0.3 is 10.1 Å². The highest BCUT2D eigenvalue weighted by molar-refractivity contribution is 5.87. The minimum Gasteiger partial charge on any atom is -0.477 e. The fraction of sp³-hybridized carbons (Fsp3) is 0.333. The van der Waals surface area contributed by atoms with E-state index in [-0.39, 0.29) is 23.9 Å². The number of aromatic amines is 1. The van der Waals surface area contributed by atoms with E-state index in [1.807, 2.05) is 13.8 Å². The number of rotatable bonds is 2. The van der Waals surface area contributed by atoms with Crippen molar-refractivity contribution in [3.05, 3.63) is 33.7 Å². The van der Waals surface area contributed by atoms with Gasteiger partial charge in [0.05, 0.1) is 0 Å². The quantitative estimate of drug-likeness (QED) is 0.791. The van der Waals surface area contributed by atoms with E-state index in [0.29, 0.717) is 0 Å². The first kappa shape index (κ1) is 12.7. The Morgan fingerprint density at radius 3 is 2.50 bits per heavy atom. The number of H-pyrrole nitrogens is 1. The Bertz CT molecular complexity index is 384. The molecule has 0 saturated heterocycles. The molecule has 2 N–H and O–H groups in total. The van der Waals surface area contributed by atoms with Gasteiger partial charge in [-0.15, -0.1) is 12.4 Å². The molecule has 14 heavy (non-hydrogen) atoms. The number of halogens is 1. The molecule has 0 radical (unpaired) electrons. The lowest BCUT2D eigenvalue weighted by atomic mass is 10.0. The van der Waals surface area contributed by atoms with Crippen LogP contribution in [0.25, 0.3) is 0 Å². The predicted octanol–water partition coefficient (Wildman–Crippen LogP) is 1.62. The van der Waals surface area contributed by atoms with Crippen LogP contribution in [0.4, 0.5) is 0 Å². The molecule has 0 fully saturated rings. The summed E-state index contributed by atoms with van der Waals surface area (Å²) in [6.45, 7) is 3.86. The number of aromatic nitrogens is 1. The molecule has 1 aromatic rings. The lowest BCUT2D eigenvalue weighted by molar-refractivity contribution is 0.0695. The molecule has 0 atom stereocenters. The molecule has 5 heteroatoms. The summed E-state index contributed by atoms with van der Waals surface area (Å²) in [5, 5.41) is 8.65. The van der Waals surface area contributed by atoms with Crippen LogP contribution < -0.4 is 5.56 Å². The molecule has 1 aromatic heterocycles. The van der Waals surface area contributed by atoms with Crippen molar-refractivity contribution in [1.29, 1.82) is 0 Å². The fourth-order valence-corrected chi connectivity index (χ4v) is 0.993. The maximum absolute atomic E-state index is 11.0. The van der Waals surface area contributed by atoms with Gasteiger partial charge >= 0.3 is 5.97 Å². The van der Waals surface area contributed by atoms with Gasteiger partial charge in [-0.2, -0.15) is 0 Å². The molecule has 0 unspecified atom stereocenters. The van der Waals surface area contributed by atoms with Crippen molar-refractivity contribution in [3.8, 4) is 0 Å². The van der Waals surface area contributed by atoms with Gasteiger partial charge in [0.2, 0.25) is 0 Å². The van der Waals surface area contributed by atoms with Crippen molar-refractivity contribution in [3.63, 3.8) is 0 Å². The minimum atomic E-state index is -1.19. The zero-order chi connectivity index (χ0) is 10.0. The second kappa shape index (κ2) is 4.81. The third kappa shape index (κ3) is 2.60. The van der Waals surface area contributed by atoms with Crippen molar-refractivity contribution in [2.75, 3.05) is 0 Å². The molecule has 0 aliphatic heterocycles. The molecule has 0 aromatic carbocycles. The number of carbonyl (C=O) groups is 1. The standard InChI is InChI=1S/C9H11NO3.ClH/c1-5(2)6-3-7(9(12)13)8(11)10-4-6;/h3-5H,1-2H3,(H,10,11)(H,12,13);1H. The second-order valence-corrected chi connectivity index (χ2v) is 3.14. The third-order valence-electron chi connectivity index (χ3n) is 1.82. The number of carboxylic acid groups (broad SMARTS) is 1. The highest BCUT2D eigenvalue weighted by Gasteiger charge is 2.10. The van der Waals surface area contributed by atoms with Crippen LogP contribution >= 0.6 is 12.4 Å². The van der Waals surface area contributed by atoms with Crippen LogP contribution in [0.5, 0.6) is 0 Å². The van der Waals surface area contributed by atoms with E-state index in [1.165, 1.54) is 6.07 Å². The van der Waals surface area contributed by atoms with Crippen LogP contribution in [0.2, 0.25) is 0 Å². The van der Waals surface area contributed by atoms with Gasteiger partial charge in [-0.05, 0) is 17.5 Å². The first-order valence-electron chi connectivity index (χ1n) is 3.98. The van der Waals surface area contributed by atoms with E-state index < -0.39 is 11.5 Å². The summed E-state index contributed by atoms with van der Waals surface area (Å²) in [6, 6.07) is 1.41. The van der Waals surface area contributed by atoms with Crippen LogP contribution in [0.1, 0.15) is 35.7 Å². The number of hydrogen-bond donors (Lipinski definition) is 2. The van der Waals surface area contributed by atoms with Crippen LogP contribution in [0, 0.1) is 0 Å². The van der Waals surface area contributed by atoms with Crippen molar-refractivity contribution in [2.45, 2.75) is 19.8 Å². The van der Waals surface area contributed by atoms with Crippen LogP contribution in [-0.4, -0.2) is 16.1 Å². The summed E-state index contributed by atoms with van der Waals surface area (Å²) in [4.78, 5) is 24.0. The highest BCUT2D eigenvalue weighted by atomic mass is 35.5. The molecule has 0 amide bonds. The van der Waals surface area contributed by atoms with Crippen molar-refractivity contribution in [1.82, 2.24) is 4.98 Å². The van der Waals surface area contributed by atoms with Gasteiger partial charge in [0.1, 0.15) is 5.56 Å². The van der Waals surface area contributed by atoms with Crippen molar-refractivity contribution >= 4 is 18.4 Å². The molecular formula is C9H12ClNO3. The summed E-state index contributed by atoms with van der Waals surface area (Å²) in [6.07, 6.45) is 1.54. The molecule has 1 heterocycles. The van der Waals surface area contributed by atoms with E-state index in [4.69, 9.17) is 5.11 Å². The molecule has 4 nitrogen and oxygen atoms in total. The second-order valence-electron chi connectivity index (χ2n) is 3.14. The fourth-order valence-electron chi connectivity index (χ4n) is 0.993. The first-order chi connectivity index (χ1) is 6.02. The van der Waals surface area contributed by atoms with Crippen LogP contribution in [0.3, 0.4) is 0 Å². The lowest BCUT2D eigenvalue weighted by Gasteiger charge is -2.04. The number of aromatic carboxylic acids is 1. The Labute approximate surface area is 87.4 Å². The van der Waals surface area contributed by atoms with Gasteiger partial charge in [0.25, 0.3) is 5.56 Å². The SMILES string of the molecule is CC(C)c1c[nH]c(=O)c(C(=O)O)c1.Cl. The topological polar surface area (TPSA) is 70.2 Å². The average Bonchev–Trinajstić information content (AvgIpc) is 2.04. The normalized spacial score (nSPS) is 9.64. The van der Waals surface area contributed by atoms with Gasteiger partial charge in [-0.1, -0.05) is 13.8 Å². The summed E-state index contributed by atoms with van der Waals surface area (Å²) < 4.78 is 0. The lowest BCUT2D eigenvalue weighted by Crippen LogP contribution is -2.17. The maximum atomic E-state index is 11.0. The Morgan fingerprint density at radius 1 is 1.50 bits per heavy atom.